The van der Waals surface area contributed by atoms with Crippen LogP contribution in [0.1, 0.15) is 25.5 Å². The molecule has 0 bridgehead atoms. The van der Waals surface area contributed by atoms with Crippen molar-refractivity contribution in [1.82, 2.24) is 10.2 Å². The summed E-state index contributed by atoms with van der Waals surface area (Å²) < 4.78 is 6.79. The number of carbonyl (C=O) groups excluding carboxylic acids is 1. The van der Waals surface area contributed by atoms with Crippen molar-refractivity contribution in [1.29, 1.82) is 0 Å². The molecular weight excluding hydrogens is 334 g/mol. The number of anilines is 1. The van der Waals surface area contributed by atoms with Gasteiger partial charge in [-0.3, -0.25) is 4.79 Å². The van der Waals surface area contributed by atoms with Gasteiger partial charge in [0, 0.05) is 22.9 Å². The molecular formula is C15H22BrN3O2. The topological polar surface area (TPSA) is 53.6 Å². The lowest BCUT2D eigenvalue weighted by Crippen LogP contribution is -2.43. The predicted molar refractivity (Wildman–Crippen MR) is 87.8 cm³/mol. The number of benzene rings is 1. The van der Waals surface area contributed by atoms with Gasteiger partial charge in [-0.25, -0.2) is 0 Å². The van der Waals surface area contributed by atoms with E-state index < -0.39 is 0 Å². The Morgan fingerprint density at radius 1 is 1.43 bits per heavy atom. The van der Waals surface area contributed by atoms with Crippen LogP contribution >= 0.6 is 15.9 Å². The molecule has 1 aliphatic rings. The van der Waals surface area contributed by atoms with Crippen molar-refractivity contribution in [3.63, 3.8) is 0 Å². The number of nitrogens with one attached hydrogen (secondary N) is 2. The van der Waals surface area contributed by atoms with Gasteiger partial charge in [-0.2, -0.15) is 0 Å². The summed E-state index contributed by atoms with van der Waals surface area (Å²) in [4.78, 5) is 14.0. The van der Waals surface area contributed by atoms with Crippen LogP contribution in [0, 0.1) is 0 Å². The van der Waals surface area contributed by atoms with Gasteiger partial charge >= 0.3 is 0 Å². The molecule has 1 heterocycles. The van der Waals surface area contributed by atoms with Crippen LogP contribution in [-0.2, 0) is 4.79 Å². The fraction of sp³-hybridized carbons (Fsp3) is 0.533. The molecule has 0 saturated carbocycles. The van der Waals surface area contributed by atoms with Crippen LogP contribution in [0.4, 0.5) is 5.69 Å². The molecule has 0 aromatic heterocycles. The Balaban J connectivity index is 2.21. The highest BCUT2D eigenvalue weighted by atomic mass is 79.9. The van der Waals surface area contributed by atoms with Crippen molar-refractivity contribution in [2.24, 2.45) is 0 Å². The highest BCUT2D eigenvalue weighted by Gasteiger charge is 2.30. The number of rotatable bonds is 5. The number of likely N-dealkylation sites (N-methyl/N-ethyl adjacent to an activating group) is 2. The molecule has 116 valence electrons. The lowest BCUT2D eigenvalue weighted by atomic mass is 10.1. The van der Waals surface area contributed by atoms with Gasteiger partial charge in [0.05, 0.1) is 4.47 Å². The van der Waals surface area contributed by atoms with Crippen LogP contribution < -0.4 is 15.4 Å². The van der Waals surface area contributed by atoms with Crippen LogP contribution in [0.15, 0.2) is 16.6 Å². The van der Waals surface area contributed by atoms with Crippen LogP contribution in [0.5, 0.6) is 5.75 Å². The van der Waals surface area contributed by atoms with E-state index in [4.69, 9.17) is 4.74 Å². The molecule has 1 aliphatic heterocycles. The van der Waals surface area contributed by atoms with E-state index in [-0.39, 0.29) is 17.5 Å². The van der Waals surface area contributed by atoms with Gasteiger partial charge in [0.25, 0.3) is 0 Å². The molecule has 21 heavy (non-hydrogen) atoms. The maximum absolute atomic E-state index is 11.9. The Morgan fingerprint density at radius 2 is 2.10 bits per heavy atom. The van der Waals surface area contributed by atoms with Crippen molar-refractivity contribution >= 4 is 27.5 Å². The summed E-state index contributed by atoms with van der Waals surface area (Å²) in [7, 11) is 5.83. The number of halogens is 1. The van der Waals surface area contributed by atoms with Crippen LogP contribution in [-0.4, -0.2) is 44.1 Å². The number of hydrogen-bond donors (Lipinski definition) is 2. The molecule has 0 saturated heterocycles. The fourth-order valence-corrected chi connectivity index (χ4v) is 2.52. The molecule has 0 aliphatic carbocycles. The zero-order chi connectivity index (χ0) is 15.8. The zero-order valence-electron chi connectivity index (χ0n) is 13.1. The monoisotopic (exact) mass is 355 g/mol. The van der Waals surface area contributed by atoms with E-state index in [2.05, 4.69) is 45.3 Å². The number of carbonyl (C=O) groups is 1. The summed E-state index contributed by atoms with van der Waals surface area (Å²) in [6.45, 7) is 4.79. The highest BCUT2D eigenvalue weighted by molar-refractivity contribution is 9.10. The van der Waals surface area contributed by atoms with Crippen LogP contribution in [0.3, 0.4) is 0 Å². The van der Waals surface area contributed by atoms with E-state index in [0.717, 1.165) is 21.5 Å². The van der Waals surface area contributed by atoms with Gasteiger partial charge in [0.2, 0.25) is 5.91 Å². The molecule has 1 amide bonds. The number of hydrogen-bond acceptors (Lipinski definition) is 4. The minimum absolute atomic E-state index is 0.0369. The summed E-state index contributed by atoms with van der Waals surface area (Å²) in [6, 6.07) is 3.51. The minimum atomic E-state index is -0.302. The SMILES string of the molecule is CNC1C(=O)Nc2cc(OCC(C)(C)N(C)C)c(Br)cc21. The highest BCUT2D eigenvalue weighted by Crippen LogP contribution is 2.38. The molecule has 5 nitrogen and oxygen atoms in total. The molecule has 0 radical (unpaired) electrons. The summed E-state index contributed by atoms with van der Waals surface area (Å²) in [6.07, 6.45) is 0. The number of ether oxygens (including phenoxy) is 1. The molecule has 1 atom stereocenters. The third kappa shape index (κ3) is 3.22. The van der Waals surface area contributed by atoms with Gasteiger partial charge < -0.3 is 20.3 Å². The van der Waals surface area contributed by atoms with Crippen molar-refractivity contribution in [3.05, 3.63) is 22.2 Å². The average Bonchev–Trinajstić information content (AvgIpc) is 2.70. The normalized spacial score (nSPS) is 17.9. The van der Waals surface area contributed by atoms with E-state index in [1.54, 1.807) is 7.05 Å². The summed E-state index contributed by atoms with van der Waals surface area (Å²) in [5.41, 5.74) is 1.67. The second-order valence-corrected chi connectivity index (χ2v) is 6.93. The van der Waals surface area contributed by atoms with Gasteiger partial charge in [-0.15, -0.1) is 0 Å². The maximum atomic E-state index is 11.9. The van der Waals surface area contributed by atoms with Gasteiger partial charge in [-0.05, 0) is 57.0 Å². The molecule has 0 spiro atoms. The third-order valence-corrected chi connectivity index (χ3v) is 4.64. The minimum Gasteiger partial charge on any atom is -0.490 e. The molecule has 1 aromatic carbocycles. The largest absolute Gasteiger partial charge is 0.490 e. The molecule has 1 aromatic rings. The number of amides is 1. The van der Waals surface area contributed by atoms with E-state index in [0.29, 0.717) is 6.61 Å². The first-order valence-corrected chi connectivity index (χ1v) is 7.67. The Labute approximate surface area is 134 Å². The first-order chi connectivity index (χ1) is 9.76. The number of nitrogens with zero attached hydrogens (tertiary/aromatic N) is 1. The van der Waals surface area contributed by atoms with Crippen molar-refractivity contribution in [2.45, 2.75) is 25.4 Å². The summed E-state index contributed by atoms with van der Waals surface area (Å²) in [5.74, 6) is 0.700. The van der Waals surface area contributed by atoms with Crippen molar-refractivity contribution in [2.75, 3.05) is 33.1 Å². The Morgan fingerprint density at radius 3 is 2.67 bits per heavy atom. The fourth-order valence-electron chi connectivity index (χ4n) is 2.04. The standard InChI is InChI=1S/C15H22BrN3O2/c1-15(2,19(4)5)8-21-12-7-11-9(6-10(12)16)13(17-3)14(20)18-11/h6-7,13,17H,8H2,1-5H3,(H,18,20). The van der Waals surface area contributed by atoms with Gasteiger partial charge in [0.1, 0.15) is 18.4 Å². The van der Waals surface area contributed by atoms with Crippen molar-refractivity contribution in [3.8, 4) is 5.75 Å². The van der Waals surface area contributed by atoms with Crippen LogP contribution in [0.25, 0.3) is 0 Å². The molecule has 0 fully saturated rings. The predicted octanol–water partition coefficient (Wildman–Crippen LogP) is 2.38. The van der Waals surface area contributed by atoms with Gasteiger partial charge in [-0.1, -0.05) is 0 Å². The van der Waals surface area contributed by atoms with E-state index >= 15 is 0 Å². The van der Waals surface area contributed by atoms with E-state index in [9.17, 15) is 4.79 Å². The summed E-state index contributed by atoms with van der Waals surface area (Å²) in [5, 5.41) is 5.88. The third-order valence-electron chi connectivity index (χ3n) is 4.02. The quantitative estimate of drug-likeness (QED) is 0.851. The molecule has 2 N–H and O–H groups in total. The smallest absolute Gasteiger partial charge is 0.246 e. The maximum Gasteiger partial charge on any atom is 0.246 e. The lowest BCUT2D eigenvalue weighted by molar-refractivity contribution is -0.117. The second kappa shape index (κ2) is 5.94. The Kier molecular flexibility index (Phi) is 4.60. The zero-order valence-corrected chi connectivity index (χ0v) is 14.7. The van der Waals surface area contributed by atoms with Crippen molar-refractivity contribution < 1.29 is 9.53 Å². The Bertz CT molecular complexity index is 558. The number of fused-ring (bicyclic) bond motifs is 1. The van der Waals surface area contributed by atoms with E-state index in [1.807, 2.05) is 26.2 Å². The summed E-state index contributed by atoms with van der Waals surface area (Å²) >= 11 is 3.53. The first-order valence-electron chi connectivity index (χ1n) is 6.88. The van der Waals surface area contributed by atoms with Crippen LogP contribution in [0.2, 0.25) is 0 Å². The first kappa shape index (κ1) is 16.3. The second-order valence-electron chi connectivity index (χ2n) is 6.08. The van der Waals surface area contributed by atoms with E-state index in [1.165, 1.54) is 0 Å². The van der Waals surface area contributed by atoms with Gasteiger partial charge in [0.15, 0.2) is 0 Å². The molecule has 6 heteroatoms. The molecule has 1 unspecified atom stereocenters. The average molecular weight is 356 g/mol. The lowest BCUT2D eigenvalue weighted by Gasteiger charge is -2.32. The molecule has 2 rings (SSSR count). The Hall–Kier alpha value is -1.11.